The summed E-state index contributed by atoms with van der Waals surface area (Å²) in [7, 11) is 3.92. The van der Waals surface area contributed by atoms with Gasteiger partial charge in [-0.1, -0.05) is 26.2 Å². The monoisotopic (exact) mass is 293 g/mol. The van der Waals surface area contributed by atoms with Gasteiger partial charge in [0, 0.05) is 31.8 Å². The maximum absolute atomic E-state index is 5.98. The Labute approximate surface area is 129 Å². The van der Waals surface area contributed by atoms with Crippen LogP contribution in [0.5, 0.6) is 0 Å². The lowest BCUT2D eigenvalue weighted by atomic mass is 9.77. The Hall–Kier alpha value is -0.870. The van der Waals surface area contributed by atoms with Crippen LogP contribution in [0.4, 0.5) is 0 Å². The maximum Gasteiger partial charge on any atom is 0.0834 e. The van der Waals surface area contributed by atoms with Crippen LogP contribution >= 0.6 is 0 Å². The summed E-state index contributed by atoms with van der Waals surface area (Å²) >= 11 is 0. The summed E-state index contributed by atoms with van der Waals surface area (Å²) in [6.07, 6.45) is 10.3. The van der Waals surface area contributed by atoms with Crippen LogP contribution in [0.3, 0.4) is 0 Å². The molecule has 0 radical (unpaired) electrons. The molecule has 0 aromatic carbocycles. The van der Waals surface area contributed by atoms with Crippen LogP contribution < -0.4 is 5.32 Å². The van der Waals surface area contributed by atoms with Crippen molar-refractivity contribution in [2.45, 2.75) is 76.5 Å². The molecule has 120 valence electrons. The number of aromatic nitrogens is 2. The van der Waals surface area contributed by atoms with Crippen LogP contribution in [-0.4, -0.2) is 35.6 Å². The smallest absolute Gasteiger partial charge is 0.0834 e. The summed E-state index contributed by atoms with van der Waals surface area (Å²) in [6, 6.07) is 2.96. The second kappa shape index (κ2) is 7.41. The van der Waals surface area contributed by atoms with Crippen molar-refractivity contribution in [1.82, 2.24) is 15.1 Å². The van der Waals surface area contributed by atoms with Gasteiger partial charge < -0.3 is 10.1 Å². The van der Waals surface area contributed by atoms with Gasteiger partial charge in [0.1, 0.15) is 0 Å². The first-order valence-corrected chi connectivity index (χ1v) is 8.41. The van der Waals surface area contributed by atoms with Gasteiger partial charge in [-0.15, -0.1) is 0 Å². The van der Waals surface area contributed by atoms with Gasteiger partial charge in [0.25, 0.3) is 0 Å². The fourth-order valence-electron chi connectivity index (χ4n) is 3.52. The molecule has 0 aliphatic heterocycles. The molecule has 1 saturated carbocycles. The molecule has 1 N–H and O–H groups in total. The van der Waals surface area contributed by atoms with E-state index in [1.165, 1.54) is 19.3 Å². The third-order valence-electron chi connectivity index (χ3n) is 5.21. The molecule has 21 heavy (non-hydrogen) atoms. The molecular weight excluding hydrogens is 262 g/mol. The zero-order valence-corrected chi connectivity index (χ0v) is 14.1. The van der Waals surface area contributed by atoms with E-state index in [9.17, 15) is 0 Å². The number of hydrogen-bond acceptors (Lipinski definition) is 3. The maximum atomic E-state index is 5.98. The van der Waals surface area contributed by atoms with E-state index in [1.54, 1.807) is 0 Å². The van der Waals surface area contributed by atoms with E-state index in [0.29, 0.717) is 12.1 Å². The lowest BCUT2D eigenvalue weighted by Crippen LogP contribution is -2.53. The SMILES string of the molecule is CCC(C)n1ccc(CC(NC)C2(OC)CCCCC2)n1. The number of rotatable bonds is 7. The highest BCUT2D eigenvalue weighted by molar-refractivity contribution is 5.07. The highest BCUT2D eigenvalue weighted by Crippen LogP contribution is 2.35. The van der Waals surface area contributed by atoms with Gasteiger partial charge in [0.15, 0.2) is 0 Å². The second-order valence-electron chi connectivity index (χ2n) is 6.42. The van der Waals surface area contributed by atoms with Gasteiger partial charge >= 0.3 is 0 Å². The molecule has 1 aliphatic rings. The predicted molar refractivity (Wildman–Crippen MR) is 86.6 cm³/mol. The molecule has 0 amide bonds. The lowest BCUT2D eigenvalue weighted by molar-refractivity contribution is -0.0659. The highest BCUT2D eigenvalue weighted by atomic mass is 16.5. The number of nitrogens with one attached hydrogen (secondary N) is 1. The fourth-order valence-corrected chi connectivity index (χ4v) is 3.52. The van der Waals surface area contributed by atoms with Crippen LogP contribution in [0, 0.1) is 0 Å². The Balaban J connectivity index is 2.09. The van der Waals surface area contributed by atoms with E-state index in [-0.39, 0.29) is 5.60 Å². The Bertz CT molecular complexity index is 423. The van der Waals surface area contributed by atoms with E-state index in [0.717, 1.165) is 31.4 Å². The van der Waals surface area contributed by atoms with Gasteiger partial charge in [0.2, 0.25) is 0 Å². The molecule has 1 aromatic rings. The van der Waals surface area contributed by atoms with Crippen molar-refractivity contribution >= 4 is 0 Å². The van der Waals surface area contributed by atoms with Crippen molar-refractivity contribution in [2.75, 3.05) is 14.2 Å². The molecule has 1 fully saturated rings. The van der Waals surface area contributed by atoms with Crippen molar-refractivity contribution in [3.63, 3.8) is 0 Å². The molecule has 2 unspecified atom stereocenters. The molecular formula is C17H31N3O. The largest absolute Gasteiger partial charge is 0.377 e. The first kappa shape index (κ1) is 16.5. The van der Waals surface area contributed by atoms with E-state index < -0.39 is 0 Å². The molecule has 1 aliphatic carbocycles. The van der Waals surface area contributed by atoms with Crippen molar-refractivity contribution in [2.24, 2.45) is 0 Å². The number of methoxy groups -OCH3 is 1. The quantitative estimate of drug-likeness (QED) is 0.838. The van der Waals surface area contributed by atoms with Gasteiger partial charge in [-0.2, -0.15) is 5.10 Å². The minimum Gasteiger partial charge on any atom is -0.377 e. The van der Waals surface area contributed by atoms with Gasteiger partial charge in [0.05, 0.1) is 11.3 Å². The number of likely N-dealkylation sites (N-methyl/N-ethyl adjacent to an activating group) is 1. The molecule has 1 heterocycles. The molecule has 4 heteroatoms. The molecule has 0 saturated heterocycles. The highest BCUT2D eigenvalue weighted by Gasteiger charge is 2.39. The zero-order valence-electron chi connectivity index (χ0n) is 14.1. The third-order valence-corrected chi connectivity index (χ3v) is 5.21. The normalized spacial score (nSPS) is 21.1. The zero-order chi connectivity index (χ0) is 15.3. The summed E-state index contributed by atoms with van der Waals surface area (Å²) in [4.78, 5) is 0. The minimum absolute atomic E-state index is 0.0207. The van der Waals surface area contributed by atoms with Gasteiger partial charge in [-0.3, -0.25) is 4.68 Å². The van der Waals surface area contributed by atoms with Crippen molar-refractivity contribution in [3.8, 4) is 0 Å². The van der Waals surface area contributed by atoms with E-state index in [1.807, 2.05) is 14.2 Å². The Kier molecular flexibility index (Phi) is 5.82. The van der Waals surface area contributed by atoms with Crippen molar-refractivity contribution in [3.05, 3.63) is 18.0 Å². The average Bonchev–Trinajstić information content (AvgIpc) is 3.01. The van der Waals surface area contributed by atoms with Crippen molar-refractivity contribution < 1.29 is 4.74 Å². The summed E-state index contributed by atoms with van der Waals surface area (Å²) in [5.41, 5.74) is 1.14. The van der Waals surface area contributed by atoms with E-state index in [4.69, 9.17) is 9.84 Å². The third kappa shape index (κ3) is 3.67. The predicted octanol–water partition coefficient (Wildman–Crippen LogP) is 3.33. The summed E-state index contributed by atoms with van der Waals surface area (Å²) in [6.45, 7) is 4.41. The Morgan fingerprint density at radius 2 is 2.10 bits per heavy atom. The average molecular weight is 293 g/mol. The number of ether oxygens (including phenoxy) is 1. The molecule has 0 spiro atoms. The van der Waals surface area contributed by atoms with Crippen LogP contribution in [-0.2, 0) is 11.2 Å². The fraction of sp³-hybridized carbons (Fsp3) is 0.824. The lowest BCUT2D eigenvalue weighted by Gasteiger charge is -2.42. The van der Waals surface area contributed by atoms with Crippen molar-refractivity contribution in [1.29, 1.82) is 0 Å². The Morgan fingerprint density at radius 1 is 1.38 bits per heavy atom. The topological polar surface area (TPSA) is 39.1 Å². The second-order valence-corrected chi connectivity index (χ2v) is 6.42. The van der Waals surface area contributed by atoms with Crippen LogP contribution in [0.1, 0.15) is 64.1 Å². The van der Waals surface area contributed by atoms with Crippen LogP contribution in [0.2, 0.25) is 0 Å². The Morgan fingerprint density at radius 3 is 2.67 bits per heavy atom. The molecule has 1 aromatic heterocycles. The summed E-state index contributed by atoms with van der Waals surface area (Å²) in [5.74, 6) is 0. The molecule has 4 nitrogen and oxygen atoms in total. The molecule has 0 bridgehead atoms. The molecule has 2 atom stereocenters. The number of nitrogens with zero attached hydrogens (tertiary/aromatic N) is 2. The van der Waals surface area contributed by atoms with E-state index in [2.05, 4.69) is 36.1 Å². The minimum atomic E-state index is -0.0207. The van der Waals surface area contributed by atoms with Crippen LogP contribution in [0.15, 0.2) is 12.3 Å². The standard InChI is InChI=1S/C17H31N3O/c1-5-14(2)20-12-9-15(19-20)13-16(18-3)17(21-4)10-7-6-8-11-17/h9,12,14,16,18H,5-8,10-11,13H2,1-4H3. The van der Waals surface area contributed by atoms with E-state index >= 15 is 0 Å². The summed E-state index contributed by atoms with van der Waals surface area (Å²) in [5, 5.41) is 8.24. The first-order chi connectivity index (χ1) is 10.1. The molecule has 2 rings (SSSR count). The first-order valence-electron chi connectivity index (χ1n) is 8.41. The van der Waals surface area contributed by atoms with Crippen LogP contribution in [0.25, 0.3) is 0 Å². The summed E-state index contributed by atoms with van der Waals surface area (Å²) < 4.78 is 8.07. The van der Waals surface area contributed by atoms with Gasteiger partial charge in [-0.05, 0) is 39.3 Å². The van der Waals surface area contributed by atoms with Gasteiger partial charge in [-0.25, -0.2) is 0 Å². The number of hydrogen-bond donors (Lipinski definition) is 1.